The summed E-state index contributed by atoms with van der Waals surface area (Å²) in [7, 11) is 0. The molecule has 1 saturated heterocycles. The molecule has 1 fully saturated rings. The lowest BCUT2D eigenvalue weighted by molar-refractivity contribution is -0.264. The van der Waals surface area contributed by atoms with Gasteiger partial charge in [-0.2, -0.15) is 0 Å². The minimum atomic E-state index is -0.364. The Bertz CT molecular complexity index is 716. The number of carbonyl (C=O) groups excluding carboxylic acids is 1. The molecule has 0 N–H and O–H groups in total. The summed E-state index contributed by atoms with van der Waals surface area (Å²) >= 11 is 0. The lowest BCUT2D eigenvalue weighted by Gasteiger charge is -2.40. The molecule has 2 heterocycles. The highest BCUT2D eigenvalue weighted by Gasteiger charge is 2.38. The summed E-state index contributed by atoms with van der Waals surface area (Å²) in [4.78, 5) is 12.4. The number of unbranched alkanes of at least 4 members (excludes halogenated alkanes) is 11. The second-order valence-corrected chi connectivity index (χ2v) is 10.1. The summed E-state index contributed by atoms with van der Waals surface area (Å²) < 4.78 is 18.4. The van der Waals surface area contributed by atoms with Gasteiger partial charge >= 0.3 is 0 Å². The van der Waals surface area contributed by atoms with Crippen LogP contribution in [0.1, 0.15) is 109 Å². The van der Waals surface area contributed by atoms with Gasteiger partial charge < -0.3 is 14.2 Å². The second-order valence-electron chi connectivity index (χ2n) is 10.1. The highest BCUT2D eigenvalue weighted by Crippen LogP contribution is 2.33. The lowest BCUT2D eigenvalue weighted by atomic mass is 9.89. The molecule has 34 heavy (non-hydrogen) atoms. The van der Waals surface area contributed by atoms with Crippen molar-refractivity contribution >= 4 is 5.78 Å². The van der Waals surface area contributed by atoms with Gasteiger partial charge in [0.1, 0.15) is 18.0 Å². The maximum Gasteiger partial charge on any atom is 0.184 e. The molecule has 0 bridgehead atoms. The van der Waals surface area contributed by atoms with E-state index in [4.69, 9.17) is 14.2 Å². The molecule has 1 unspecified atom stereocenters. The number of benzene rings is 1. The fourth-order valence-electron chi connectivity index (χ4n) is 5.12. The highest BCUT2D eigenvalue weighted by molar-refractivity contribution is 5.79. The van der Waals surface area contributed by atoms with E-state index in [0.717, 1.165) is 18.4 Å². The maximum atomic E-state index is 12.4. The number of Topliss-reactive ketones (excluding diaryl/α,β-unsaturated/α-hetero) is 1. The predicted octanol–water partition coefficient (Wildman–Crippen LogP) is 7.72. The van der Waals surface area contributed by atoms with Crippen molar-refractivity contribution in [3.05, 3.63) is 48.0 Å². The van der Waals surface area contributed by atoms with E-state index in [0.29, 0.717) is 6.61 Å². The van der Waals surface area contributed by atoms with Crippen molar-refractivity contribution < 1.29 is 19.0 Å². The van der Waals surface area contributed by atoms with E-state index in [-0.39, 0.29) is 36.3 Å². The molecule has 2 aliphatic heterocycles. The fourth-order valence-corrected chi connectivity index (χ4v) is 5.12. The van der Waals surface area contributed by atoms with Crippen molar-refractivity contribution in [1.29, 1.82) is 0 Å². The van der Waals surface area contributed by atoms with Crippen LogP contribution in [0.15, 0.2) is 42.5 Å². The van der Waals surface area contributed by atoms with Crippen LogP contribution >= 0.6 is 0 Å². The minimum absolute atomic E-state index is 0.0767. The third-order valence-corrected chi connectivity index (χ3v) is 7.24. The zero-order valence-electron chi connectivity index (χ0n) is 21.5. The molecule has 1 aromatic carbocycles. The number of hydrogen-bond donors (Lipinski definition) is 0. The van der Waals surface area contributed by atoms with E-state index < -0.39 is 0 Å². The van der Waals surface area contributed by atoms with Crippen LogP contribution < -0.4 is 0 Å². The Morgan fingerprint density at radius 1 is 0.853 bits per heavy atom. The van der Waals surface area contributed by atoms with Crippen molar-refractivity contribution in [1.82, 2.24) is 0 Å². The number of rotatable bonds is 16. The van der Waals surface area contributed by atoms with Crippen LogP contribution in [-0.4, -0.2) is 30.7 Å². The van der Waals surface area contributed by atoms with E-state index in [1.807, 2.05) is 36.4 Å². The summed E-state index contributed by atoms with van der Waals surface area (Å²) in [6.45, 7) is 4.45. The lowest BCUT2D eigenvalue weighted by Crippen LogP contribution is -2.47. The minimum Gasteiger partial charge on any atom is -0.365 e. The Morgan fingerprint density at radius 2 is 1.47 bits per heavy atom. The number of fused-ring (bicyclic) bond motifs is 1. The van der Waals surface area contributed by atoms with Gasteiger partial charge in [0.15, 0.2) is 6.29 Å². The topological polar surface area (TPSA) is 44.8 Å². The number of hydrogen-bond acceptors (Lipinski definition) is 4. The molecule has 1 aromatic rings. The van der Waals surface area contributed by atoms with Gasteiger partial charge in [-0.05, 0) is 13.3 Å². The maximum absolute atomic E-state index is 12.4. The molecule has 3 rings (SSSR count). The fraction of sp³-hybridized carbons (Fsp3) is 0.700. The zero-order valence-corrected chi connectivity index (χ0v) is 21.5. The molecule has 0 aromatic heterocycles. The van der Waals surface area contributed by atoms with Crippen molar-refractivity contribution in [2.75, 3.05) is 6.61 Å². The van der Waals surface area contributed by atoms with Crippen LogP contribution in [0, 0.1) is 5.92 Å². The third kappa shape index (κ3) is 8.94. The molecule has 0 aliphatic carbocycles. The smallest absolute Gasteiger partial charge is 0.184 e. The largest absolute Gasteiger partial charge is 0.365 e. The number of carbonyl (C=O) groups is 1. The average molecular weight is 471 g/mol. The molecule has 5 atom stereocenters. The van der Waals surface area contributed by atoms with Gasteiger partial charge in [0, 0.05) is 11.5 Å². The van der Waals surface area contributed by atoms with E-state index in [9.17, 15) is 4.79 Å². The number of ketones is 1. The Labute approximate surface area is 207 Å². The first kappa shape index (κ1) is 27.1. The van der Waals surface area contributed by atoms with E-state index in [2.05, 4.69) is 13.0 Å². The van der Waals surface area contributed by atoms with E-state index >= 15 is 0 Å². The first-order chi connectivity index (χ1) is 16.7. The van der Waals surface area contributed by atoms with Gasteiger partial charge in [0.25, 0.3) is 0 Å². The summed E-state index contributed by atoms with van der Waals surface area (Å²) in [6, 6.07) is 10.00. The van der Waals surface area contributed by atoms with Crippen LogP contribution in [0.25, 0.3) is 0 Å². The van der Waals surface area contributed by atoms with Crippen molar-refractivity contribution in [2.24, 2.45) is 5.92 Å². The van der Waals surface area contributed by atoms with Crippen LogP contribution in [0.2, 0.25) is 0 Å². The van der Waals surface area contributed by atoms with Crippen molar-refractivity contribution in [3.63, 3.8) is 0 Å². The Hall–Kier alpha value is -1.49. The van der Waals surface area contributed by atoms with Crippen LogP contribution in [-0.2, 0) is 19.0 Å². The summed E-state index contributed by atoms with van der Waals surface area (Å²) in [5.74, 6) is 0.142. The Morgan fingerprint density at radius 3 is 2.09 bits per heavy atom. The Kier molecular flexibility index (Phi) is 12.4. The molecule has 4 heteroatoms. The summed E-state index contributed by atoms with van der Waals surface area (Å²) in [6.07, 6.45) is 20.1. The van der Waals surface area contributed by atoms with Gasteiger partial charge in [-0.25, -0.2) is 0 Å². The monoisotopic (exact) mass is 470 g/mol. The van der Waals surface area contributed by atoms with Crippen LogP contribution in [0.3, 0.4) is 0 Å². The van der Waals surface area contributed by atoms with Crippen molar-refractivity contribution in [2.45, 2.75) is 122 Å². The number of ether oxygens (including phenoxy) is 3. The van der Waals surface area contributed by atoms with Gasteiger partial charge in [-0.1, -0.05) is 126 Å². The molecule has 190 valence electrons. The first-order valence-corrected chi connectivity index (χ1v) is 13.8. The highest BCUT2D eigenvalue weighted by atomic mass is 16.7. The molecule has 0 spiro atoms. The van der Waals surface area contributed by atoms with Gasteiger partial charge in [-0.3, -0.25) is 4.79 Å². The van der Waals surface area contributed by atoms with E-state index in [1.165, 1.54) is 70.6 Å². The SMILES string of the molecule is CCCCCCCCCCCCCCC(C(C)=O)[C@@H]1C=C[C@@H]2O[C@H](c3ccccc3)OC[C@H]2O1. The zero-order chi connectivity index (χ0) is 24.0. The first-order valence-electron chi connectivity index (χ1n) is 13.8. The summed E-state index contributed by atoms with van der Waals surface area (Å²) in [5.41, 5.74) is 1.02. The van der Waals surface area contributed by atoms with Gasteiger partial charge in [-0.15, -0.1) is 0 Å². The third-order valence-electron chi connectivity index (χ3n) is 7.24. The van der Waals surface area contributed by atoms with Crippen molar-refractivity contribution in [3.8, 4) is 0 Å². The molecule has 4 nitrogen and oxygen atoms in total. The molecular weight excluding hydrogens is 424 g/mol. The second kappa shape index (κ2) is 15.5. The average Bonchev–Trinajstić information content (AvgIpc) is 2.86. The molecule has 0 radical (unpaired) electrons. The molecule has 0 saturated carbocycles. The van der Waals surface area contributed by atoms with Gasteiger partial charge in [0.2, 0.25) is 0 Å². The molecule has 0 amide bonds. The summed E-state index contributed by atoms with van der Waals surface area (Å²) in [5, 5.41) is 0. The standard InChI is InChI=1S/C30H46O4/c1-3-4-5-6-7-8-9-10-11-12-13-17-20-26(24(2)31)27-21-22-28-29(33-27)23-32-30(34-28)25-18-15-14-16-19-25/h14-16,18-19,21-22,26-30H,3-13,17,20,23H2,1-2H3/t26?,27-,28-,29+,30+/m0/s1. The van der Waals surface area contributed by atoms with Gasteiger partial charge in [0.05, 0.1) is 12.7 Å². The van der Waals surface area contributed by atoms with Crippen LogP contribution in [0.4, 0.5) is 0 Å². The quantitative estimate of drug-likeness (QED) is 0.183. The van der Waals surface area contributed by atoms with Crippen LogP contribution in [0.5, 0.6) is 0 Å². The van der Waals surface area contributed by atoms with E-state index in [1.54, 1.807) is 6.92 Å². The Balaban J connectivity index is 1.32. The molecule has 2 aliphatic rings. The predicted molar refractivity (Wildman–Crippen MR) is 138 cm³/mol. The molecular formula is C30H46O4. The normalized spacial score (nSPS) is 25.1.